The van der Waals surface area contributed by atoms with Gasteiger partial charge in [0, 0.05) is 13.6 Å². The summed E-state index contributed by atoms with van der Waals surface area (Å²) in [6, 6.07) is 0. The first-order valence-corrected chi connectivity index (χ1v) is 6.21. The average Bonchev–Trinajstić information content (AvgIpc) is 2.95. The van der Waals surface area contributed by atoms with Crippen LogP contribution < -0.4 is 10.6 Å². The predicted octanol–water partition coefficient (Wildman–Crippen LogP) is 1.29. The van der Waals surface area contributed by atoms with E-state index in [1.165, 1.54) is 11.5 Å². The zero-order valence-electron chi connectivity index (χ0n) is 10.3. The van der Waals surface area contributed by atoms with Crippen molar-refractivity contribution in [2.24, 2.45) is 0 Å². The number of nitrogens with one attached hydrogen (secondary N) is 2. The van der Waals surface area contributed by atoms with Crippen LogP contribution in [-0.2, 0) is 0 Å². The summed E-state index contributed by atoms with van der Waals surface area (Å²) in [7, 11) is 1.79. The number of rotatable bonds is 4. The van der Waals surface area contributed by atoms with E-state index in [-0.39, 0.29) is 11.7 Å². The third-order valence-electron chi connectivity index (χ3n) is 2.27. The molecule has 0 aliphatic carbocycles. The second kappa shape index (κ2) is 5.13. The lowest BCUT2D eigenvalue weighted by Gasteiger charge is -1.96. The second-order valence-corrected chi connectivity index (χ2v) is 4.28. The number of amides is 1. The van der Waals surface area contributed by atoms with Gasteiger partial charge in [-0.2, -0.15) is 9.36 Å². The highest BCUT2D eigenvalue weighted by Crippen LogP contribution is 2.33. The average molecular weight is 267 g/mol. The Morgan fingerprint density at radius 2 is 2.28 bits per heavy atom. The fraction of sp³-hybridized carbons (Fsp3) is 0.400. The standard InChI is InChI=1S/C10H13N5O2S/c1-4-12-8(16)7-13-9(17-14-7)6-5(2)15-18-10(6)11-3/h11H,4H2,1-3H3,(H,12,16). The van der Waals surface area contributed by atoms with Gasteiger partial charge in [0.05, 0.1) is 11.3 Å². The molecule has 2 aromatic rings. The lowest BCUT2D eigenvalue weighted by atomic mass is 10.2. The molecule has 0 spiro atoms. The Kier molecular flexibility index (Phi) is 3.56. The SMILES string of the molecule is CCNC(=O)c1noc(-c2c(C)nsc2NC)n1. The fourth-order valence-electron chi connectivity index (χ4n) is 1.45. The molecule has 2 heterocycles. The maximum Gasteiger partial charge on any atom is 0.292 e. The molecule has 2 N–H and O–H groups in total. The van der Waals surface area contributed by atoms with Gasteiger partial charge in [0.1, 0.15) is 5.00 Å². The highest BCUT2D eigenvalue weighted by molar-refractivity contribution is 7.10. The van der Waals surface area contributed by atoms with Gasteiger partial charge in [-0.1, -0.05) is 5.16 Å². The van der Waals surface area contributed by atoms with Gasteiger partial charge < -0.3 is 15.2 Å². The minimum Gasteiger partial charge on any atom is -0.378 e. The number of hydrogen-bond acceptors (Lipinski definition) is 7. The van der Waals surface area contributed by atoms with Gasteiger partial charge in [-0.05, 0) is 25.4 Å². The number of carbonyl (C=O) groups is 1. The molecule has 0 aliphatic heterocycles. The van der Waals surface area contributed by atoms with Crippen molar-refractivity contribution in [3.8, 4) is 11.5 Å². The Morgan fingerprint density at radius 1 is 1.50 bits per heavy atom. The topological polar surface area (TPSA) is 92.9 Å². The predicted molar refractivity (Wildman–Crippen MR) is 67.7 cm³/mol. The third kappa shape index (κ3) is 2.19. The molecule has 0 aliphatic rings. The van der Waals surface area contributed by atoms with Crippen LogP contribution in [0.25, 0.3) is 11.5 Å². The van der Waals surface area contributed by atoms with Crippen LogP contribution in [0.2, 0.25) is 0 Å². The molecule has 7 nitrogen and oxygen atoms in total. The van der Waals surface area contributed by atoms with Crippen molar-refractivity contribution < 1.29 is 9.32 Å². The highest BCUT2D eigenvalue weighted by Gasteiger charge is 2.20. The molecule has 0 saturated carbocycles. The Bertz CT molecular complexity index is 562. The van der Waals surface area contributed by atoms with Crippen LogP contribution in [0.4, 0.5) is 5.00 Å². The van der Waals surface area contributed by atoms with Crippen molar-refractivity contribution in [1.82, 2.24) is 19.8 Å². The van der Waals surface area contributed by atoms with Crippen molar-refractivity contribution >= 4 is 22.4 Å². The van der Waals surface area contributed by atoms with E-state index in [0.717, 1.165) is 16.3 Å². The summed E-state index contributed by atoms with van der Waals surface area (Å²) in [5, 5.41) is 10.1. The van der Waals surface area contributed by atoms with Gasteiger partial charge in [0.2, 0.25) is 0 Å². The number of aromatic nitrogens is 3. The molecular formula is C10H13N5O2S. The lowest BCUT2D eigenvalue weighted by molar-refractivity contribution is 0.0942. The first-order valence-electron chi connectivity index (χ1n) is 5.43. The van der Waals surface area contributed by atoms with Gasteiger partial charge >= 0.3 is 0 Å². The van der Waals surface area contributed by atoms with Gasteiger partial charge in [-0.3, -0.25) is 4.79 Å². The summed E-state index contributed by atoms with van der Waals surface area (Å²) in [6.45, 7) is 4.19. The number of hydrogen-bond donors (Lipinski definition) is 2. The van der Waals surface area contributed by atoms with E-state index in [2.05, 4.69) is 25.1 Å². The van der Waals surface area contributed by atoms with Crippen LogP contribution in [0.3, 0.4) is 0 Å². The Balaban J connectivity index is 2.35. The molecular weight excluding hydrogens is 254 g/mol. The summed E-state index contributed by atoms with van der Waals surface area (Å²) in [5.41, 5.74) is 1.53. The number of nitrogens with zero attached hydrogens (tertiary/aromatic N) is 3. The van der Waals surface area contributed by atoms with Crippen LogP contribution in [0.15, 0.2) is 4.52 Å². The monoisotopic (exact) mass is 267 g/mol. The van der Waals surface area contributed by atoms with E-state index in [9.17, 15) is 4.79 Å². The Labute approximate surface area is 108 Å². The molecule has 8 heteroatoms. The highest BCUT2D eigenvalue weighted by atomic mass is 32.1. The van der Waals surface area contributed by atoms with Crippen LogP contribution in [0.5, 0.6) is 0 Å². The van der Waals surface area contributed by atoms with Crippen molar-refractivity contribution in [3.63, 3.8) is 0 Å². The molecule has 0 radical (unpaired) electrons. The van der Waals surface area contributed by atoms with Gasteiger partial charge in [-0.15, -0.1) is 0 Å². The molecule has 0 bridgehead atoms. The van der Waals surface area contributed by atoms with Crippen molar-refractivity contribution in [2.75, 3.05) is 18.9 Å². The molecule has 0 aromatic carbocycles. The van der Waals surface area contributed by atoms with Crippen LogP contribution in [-0.4, -0.2) is 34.0 Å². The van der Waals surface area contributed by atoms with Crippen LogP contribution in [0.1, 0.15) is 23.2 Å². The summed E-state index contributed by atoms with van der Waals surface area (Å²) >= 11 is 1.31. The van der Waals surface area contributed by atoms with Crippen molar-refractivity contribution in [2.45, 2.75) is 13.8 Å². The fourth-order valence-corrected chi connectivity index (χ4v) is 2.19. The number of carbonyl (C=O) groups excluding carboxylic acids is 1. The minimum absolute atomic E-state index is 0.0273. The molecule has 0 unspecified atom stereocenters. The van der Waals surface area contributed by atoms with Crippen LogP contribution >= 0.6 is 11.5 Å². The number of aryl methyl sites for hydroxylation is 1. The molecule has 2 rings (SSSR count). The normalized spacial score (nSPS) is 10.4. The summed E-state index contributed by atoms with van der Waals surface area (Å²) in [4.78, 5) is 15.6. The minimum atomic E-state index is -0.348. The zero-order valence-corrected chi connectivity index (χ0v) is 11.1. The van der Waals surface area contributed by atoms with E-state index in [4.69, 9.17) is 4.52 Å². The van der Waals surface area contributed by atoms with Crippen molar-refractivity contribution in [3.05, 3.63) is 11.5 Å². The van der Waals surface area contributed by atoms with E-state index >= 15 is 0 Å². The summed E-state index contributed by atoms with van der Waals surface area (Å²) < 4.78 is 9.31. The van der Waals surface area contributed by atoms with Gasteiger partial charge in [0.25, 0.3) is 17.6 Å². The van der Waals surface area contributed by atoms with E-state index in [1.54, 1.807) is 7.05 Å². The number of anilines is 1. The van der Waals surface area contributed by atoms with Gasteiger partial charge in [0.15, 0.2) is 0 Å². The maximum absolute atomic E-state index is 11.5. The van der Waals surface area contributed by atoms with Crippen LogP contribution in [0, 0.1) is 6.92 Å². The first-order chi connectivity index (χ1) is 8.67. The summed E-state index contributed by atoms with van der Waals surface area (Å²) in [6.07, 6.45) is 0. The first kappa shape index (κ1) is 12.5. The van der Waals surface area contributed by atoms with E-state index in [0.29, 0.717) is 12.4 Å². The molecule has 0 fully saturated rings. The van der Waals surface area contributed by atoms with Gasteiger partial charge in [-0.25, -0.2) is 0 Å². The third-order valence-corrected chi connectivity index (χ3v) is 3.23. The molecule has 18 heavy (non-hydrogen) atoms. The van der Waals surface area contributed by atoms with E-state index < -0.39 is 0 Å². The Hall–Kier alpha value is -1.96. The van der Waals surface area contributed by atoms with Crippen molar-refractivity contribution in [1.29, 1.82) is 0 Å². The lowest BCUT2D eigenvalue weighted by Crippen LogP contribution is -2.23. The van der Waals surface area contributed by atoms with E-state index in [1.807, 2.05) is 13.8 Å². The molecule has 2 aromatic heterocycles. The quantitative estimate of drug-likeness (QED) is 0.867. The summed E-state index contributed by atoms with van der Waals surface area (Å²) in [5.74, 6) is -0.0225. The second-order valence-electron chi connectivity index (χ2n) is 3.50. The smallest absolute Gasteiger partial charge is 0.292 e. The Morgan fingerprint density at radius 3 is 2.94 bits per heavy atom. The maximum atomic E-state index is 11.5. The molecule has 0 saturated heterocycles. The molecule has 96 valence electrons. The zero-order chi connectivity index (χ0) is 13.1. The molecule has 1 amide bonds. The largest absolute Gasteiger partial charge is 0.378 e. The molecule has 0 atom stereocenters.